The Kier molecular flexibility index (Phi) is 27.1. The Bertz CT molecular complexity index is 6970. The van der Waals surface area contributed by atoms with Crippen LogP contribution < -0.4 is 0 Å². The van der Waals surface area contributed by atoms with Crippen LogP contribution in [0.3, 0.4) is 0 Å². The third-order valence-electron chi connectivity index (χ3n) is 37.1. The maximum absolute atomic E-state index is 13.5. The second-order valence-corrected chi connectivity index (χ2v) is 49.9. The number of aromatic nitrogens is 4. The minimum atomic E-state index is -0.173. The molecule has 6 fully saturated rings. The molecule has 6 aliphatic carbocycles. The molecule has 10 heterocycles. The molecule has 15 aromatic rings. The number of para-hydroxylation sites is 4. The lowest BCUT2D eigenvalue weighted by Gasteiger charge is -2.53. The fraction of sp³-hybridized carbons (Fsp3) is 0.440. The zero-order valence-electron chi connectivity index (χ0n) is 85.5. The molecule has 26 rings (SSSR count). The highest BCUT2D eigenvalue weighted by Gasteiger charge is 2.57. The minimum absolute atomic E-state index is 0.0108. The lowest BCUT2D eigenvalue weighted by molar-refractivity contribution is -0.166. The number of halogens is 2. The smallest absolute Gasteiger partial charge is 0.134 e. The summed E-state index contributed by atoms with van der Waals surface area (Å²) in [7, 11) is 22.3. The van der Waals surface area contributed by atoms with Crippen molar-refractivity contribution in [2.75, 3.05) is 94.3 Å². The molecule has 2 atom stereocenters. The third-order valence-corrected chi connectivity index (χ3v) is 42.3. The van der Waals surface area contributed by atoms with Gasteiger partial charge in [0.15, 0.2) is 0 Å². The van der Waals surface area contributed by atoms with Crippen molar-refractivity contribution in [3.8, 4) is 0 Å². The van der Waals surface area contributed by atoms with Crippen molar-refractivity contribution in [2.45, 2.75) is 252 Å². The van der Waals surface area contributed by atoms with Gasteiger partial charge in [0.2, 0.25) is 0 Å². The summed E-state index contributed by atoms with van der Waals surface area (Å²) in [6, 6.07) is 91.2. The van der Waals surface area contributed by atoms with Gasteiger partial charge in [0, 0.05) is 104 Å². The van der Waals surface area contributed by atoms with Crippen molar-refractivity contribution in [1.82, 2.24) is 44.4 Å². The number of furan rings is 1. The van der Waals surface area contributed by atoms with E-state index >= 15 is 0 Å². The Labute approximate surface area is 862 Å². The maximum Gasteiger partial charge on any atom is 0.134 e. The van der Waals surface area contributed by atoms with Crippen LogP contribution >= 0.6 is 51.2 Å². The Hall–Kier alpha value is -8.92. The molecular weight excluding hydrogens is 1870 g/mol. The van der Waals surface area contributed by atoms with E-state index in [4.69, 9.17) is 13.9 Å². The molecule has 740 valence electrons. The average Bonchev–Trinajstić information content (AvgIpc) is 1.49. The molecule has 17 heteroatoms. The van der Waals surface area contributed by atoms with Crippen molar-refractivity contribution >= 4 is 106 Å². The summed E-state index contributed by atoms with van der Waals surface area (Å²) in [6.45, 7) is 3.03. The van der Waals surface area contributed by atoms with Crippen LogP contribution in [0.15, 0.2) is 264 Å². The highest BCUT2D eigenvalue weighted by Crippen LogP contribution is 2.64. The molecule has 0 bridgehead atoms. The fourth-order valence-electron chi connectivity index (χ4n) is 29.0. The first kappa shape index (κ1) is 97.8. The molecule has 10 aromatic carbocycles. The first-order valence-electron chi connectivity index (χ1n) is 53.1. The largest absolute Gasteiger partial charge is 0.459 e. The summed E-state index contributed by atoms with van der Waals surface area (Å²) in [6.07, 6.45) is 32.7. The summed E-state index contributed by atoms with van der Waals surface area (Å²) < 4.78 is 35.4. The number of aromatic amines is 4. The van der Waals surface area contributed by atoms with Crippen LogP contribution in [0.5, 0.6) is 0 Å². The van der Waals surface area contributed by atoms with E-state index in [0.717, 1.165) is 113 Å². The van der Waals surface area contributed by atoms with Gasteiger partial charge >= 0.3 is 0 Å². The van der Waals surface area contributed by atoms with Crippen LogP contribution in [0.2, 0.25) is 0 Å². The van der Waals surface area contributed by atoms with Crippen molar-refractivity contribution in [3.05, 3.63) is 355 Å². The van der Waals surface area contributed by atoms with Crippen LogP contribution in [0, 0.1) is 12.7 Å². The van der Waals surface area contributed by atoms with E-state index in [0.29, 0.717) is 12.0 Å². The second-order valence-electron chi connectivity index (χ2n) is 44.6. The van der Waals surface area contributed by atoms with Crippen molar-refractivity contribution in [2.24, 2.45) is 0 Å². The van der Waals surface area contributed by atoms with E-state index in [9.17, 15) is 4.39 Å². The third kappa shape index (κ3) is 17.1. The van der Waals surface area contributed by atoms with Gasteiger partial charge < -0.3 is 33.8 Å². The van der Waals surface area contributed by atoms with Crippen LogP contribution in [-0.4, -0.2) is 145 Å². The van der Waals surface area contributed by atoms with Crippen LogP contribution in [-0.2, 0) is 88.3 Å². The number of benzene rings is 10. The Balaban J connectivity index is 0.000000102. The van der Waals surface area contributed by atoms with E-state index in [1.807, 2.05) is 12.1 Å². The molecule has 0 amide bonds. The van der Waals surface area contributed by atoms with E-state index < -0.39 is 0 Å². The molecule has 6 saturated carbocycles. The van der Waals surface area contributed by atoms with E-state index in [1.165, 1.54) is 228 Å². The maximum atomic E-state index is 13.5. The van der Waals surface area contributed by atoms with Gasteiger partial charge in [-0.3, -0.25) is 24.5 Å². The topological polar surface area (TPSA) is 111 Å². The molecule has 0 saturated heterocycles. The SMILES string of the molecule is CN(C)C1(c2ccc(F)cc2)CCC2(CC1)SCCc1c2[nH]c2ccccc12.CN(C)C1(c2ccccc2)CCC2(CC1)OC1CCCCC1c1c2[nH]c2ccccc12.CN(C)C1(c2ccccc2)CCC2(CC1)OCCc1c2[nH]c2ccc(Br)cc12.CN(C)C1(c2ccccc2)CCC2(CC1)SCCc1c2oc2ccccc12.Cc1cccc(C2(N(C)C)CCC3(CC2)SCCc2c3[nH]c3ccccc23)c1. The molecule has 5 aromatic heterocycles. The van der Waals surface area contributed by atoms with Crippen molar-refractivity contribution in [1.29, 1.82) is 0 Å². The standard InChI is InChI=1S/C28H34N2O.C25H30N2S.C24H27BrN2O.C24H27FN2S.C24H27NOS/c1-30(2)27(20-10-4-3-5-11-20)16-18-28(19-17-27)26-25(21-12-6-8-14-23(21)29-26)22-13-7-9-15-24(22)31-28;1-18-7-6-8-19(17-18)24(27(2)3)12-14-25(15-13-24)23-21(11-16-28-25)20-9-4-5-10-22(20)26-23;1-27(2)23(17-6-4-3-5-7-17)11-13-24(14-12-23)22-19(10-15-28-24)20-16-18(25)8-9-21(20)26-22;1-27(2)23(17-7-9-18(25)10-8-17)12-14-24(15-13-23)22-20(11-16-28-24)19-5-3-4-6-21(19)26-22;1-25(2)23(18-8-4-3-5-9-18)13-15-24(16-14-23)22-20(12-17-27-24)19-10-6-7-11-21(19)26-22/h3-6,8,10-12,14,22,24,29H,7,9,13,15-19H2,1-2H3;4-10,17,26H,11-16H2,1-3H3;3-9,16,26H,10-15H2,1-2H3;3-10,26H,11-16H2,1-2H3;3-11H,12-17H2,1-2H3. The van der Waals surface area contributed by atoms with Gasteiger partial charge in [0.05, 0.1) is 38.3 Å². The minimum Gasteiger partial charge on any atom is -0.459 e. The number of fused-ring (bicyclic) bond motifs is 22. The molecule has 4 N–H and O–H groups in total. The summed E-state index contributed by atoms with van der Waals surface area (Å²) in [5, 5.41) is 6.96. The lowest BCUT2D eigenvalue weighted by Crippen LogP contribution is -2.52. The predicted molar refractivity (Wildman–Crippen MR) is 596 cm³/mol. The van der Waals surface area contributed by atoms with E-state index in [1.54, 1.807) is 23.3 Å². The molecule has 5 aliphatic heterocycles. The molecule has 12 nitrogen and oxygen atoms in total. The summed E-state index contributed by atoms with van der Waals surface area (Å²) in [5.74, 6) is 5.32. The lowest BCUT2D eigenvalue weighted by atomic mass is 9.65. The van der Waals surface area contributed by atoms with Crippen LogP contribution in [0.25, 0.3) is 54.6 Å². The van der Waals surface area contributed by atoms with Crippen LogP contribution in [0.1, 0.15) is 250 Å². The fourth-order valence-corrected chi connectivity index (χ4v) is 33.8. The van der Waals surface area contributed by atoms with E-state index in [2.05, 4.69) is 404 Å². The average molecular weight is 2020 g/mol. The number of nitrogens with zero attached hydrogens (tertiary/aromatic N) is 5. The molecular formula is C125H145BrFN9O3S3. The van der Waals surface area contributed by atoms with Crippen LogP contribution in [0.4, 0.5) is 4.39 Å². The van der Waals surface area contributed by atoms with Gasteiger partial charge in [0.1, 0.15) is 28.4 Å². The van der Waals surface area contributed by atoms with Gasteiger partial charge in [-0.1, -0.05) is 235 Å². The van der Waals surface area contributed by atoms with Gasteiger partial charge in [0.25, 0.3) is 0 Å². The molecule has 5 spiro atoms. The van der Waals surface area contributed by atoms with Crippen molar-refractivity contribution in [3.63, 3.8) is 0 Å². The highest BCUT2D eigenvalue weighted by molar-refractivity contribution is 9.10. The zero-order chi connectivity index (χ0) is 97.6. The highest BCUT2D eigenvalue weighted by atomic mass is 79.9. The first-order chi connectivity index (χ1) is 68.9. The second kappa shape index (κ2) is 39.4. The summed E-state index contributed by atoms with van der Waals surface area (Å²) in [5.41, 5.74) is 28.1. The molecule has 0 radical (unpaired) electrons. The Morgan fingerprint density at radius 3 is 1.23 bits per heavy atom. The number of hydrogen-bond acceptors (Lipinski definition) is 11. The molecule has 2 unspecified atom stereocenters. The molecule has 142 heavy (non-hydrogen) atoms. The summed E-state index contributed by atoms with van der Waals surface area (Å²) in [4.78, 5) is 27.4. The number of H-pyrrole nitrogens is 4. The predicted octanol–water partition coefficient (Wildman–Crippen LogP) is 29.9. The quantitative estimate of drug-likeness (QED) is 0.105. The Morgan fingerprint density at radius 2 is 0.718 bits per heavy atom. The normalized spacial score (nSPS) is 28.7. The number of thioether (sulfide) groups is 3. The van der Waals surface area contributed by atoms with Gasteiger partial charge in [-0.2, -0.15) is 0 Å². The first-order valence-corrected chi connectivity index (χ1v) is 56.9. The summed E-state index contributed by atoms with van der Waals surface area (Å²) >= 11 is 10.1. The van der Waals surface area contributed by atoms with Gasteiger partial charge in [-0.05, 0) is 366 Å². The van der Waals surface area contributed by atoms with E-state index in [-0.39, 0.29) is 59.0 Å². The molecule has 11 aliphatic rings. The number of aryl methyl sites for hydroxylation is 4. The van der Waals surface area contributed by atoms with Gasteiger partial charge in [-0.25, -0.2) is 4.39 Å². The number of hydrogen-bond donors (Lipinski definition) is 4. The number of ether oxygens (including phenoxy) is 2. The van der Waals surface area contributed by atoms with Crippen molar-refractivity contribution < 1.29 is 18.3 Å². The van der Waals surface area contributed by atoms with Gasteiger partial charge in [-0.15, -0.1) is 35.3 Å². The zero-order valence-corrected chi connectivity index (χ0v) is 89.5. The number of rotatable bonds is 10. The number of nitrogens with one attached hydrogen (secondary N) is 4. The Morgan fingerprint density at radius 1 is 0.331 bits per heavy atom. The monoisotopic (exact) mass is 2010 g/mol.